The number of hydrogen-bond donors (Lipinski definition) is 1. The van der Waals surface area contributed by atoms with E-state index in [4.69, 9.17) is 23.2 Å². The van der Waals surface area contributed by atoms with E-state index in [0.717, 1.165) is 16.0 Å². The molecular formula is C26H26Cl2N2O2S. The molecule has 172 valence electrons. The molecule has 0 heterocycles. The van der Waals surface area contributed by atoms with Gasteiger partial charge in [-0.15, -0.1) is 11.8 Å². The molecule has 0 aliphatic heterocycles. The highest BCUT2D eigenvalue weighted by Crippen LogP contribution is 2.25. The summed E-state index contributed by atoms with van der Waals surface area (Å²) in [6, 6.07) is 23.9. The zero-order valence-electron chi connectivity index (χ0n) is 18.3. The molecule has 3 aromatic rings. The maximum absolute atomic E-state index is 13.5. The van der Waals surface area contributed by atoms with Gasteiger partial charge in [-0.2, -0.15) is 0 Å². The van der Waals surface area contributed by atoms with Crippen LogP contribution in [-0.4, -0.2) is 35.1 Å². The van der Waals surface area contributed by atoms with Gasteiger partial charge in [0.1, 0.15) is 6.04 Å². The van der Waals surface area contributed by atoms with Gasteiger partial charge in [-0.1, -0.05) is 77.8 Å². The van der Waals surface area contributed by atoms with Gasteiger partial charge in [-0.05, 0) is 42.3 Å². The zero-order valence-corrected chi connectivity index (χ0v) is 20.7. The van der Waals surface area contributed by atoms with E-state index in [2.05, 4.69) is 5.32 Å². The van der Waals surface area contributed by atoms with Crippen LogP contribution in [0.5, 0.6) is 0 Å². The van der Waals surface area contributed by atoms with Crippen LogP contribution in [0.1, 0.15) is 18.1 Å². The van der Waals surface area contributed by atoms with Gasteiger partial charge in [0, 0.05) is 34.5 Å². The number of benzene rings is 3. The van der Waals surface area contributed by atoms with E-state index >= 15 is 0 Å². The summed E-state index contributed by atoms with van der Waals surface area (Å²) in [5.41, 5.74) is 1.71. The molecule has 0 aliphatic carbocycles. The summed E-state index contributed by atoms with van der Waals surface area (Å²) in [7, 11) is 0. The lowest BCUT2D eigenvalue weighted by Crippen LogP contribution is -2.51. The second-order valence-corrected chi connectivity index (χ2v) is 9.35. The van der Waals surface area contributed by atoms with E-state index in [0.29, 0.717) is 23.0 Å². The molecule has 4 nitrogen and oxygen atoms in total. The minimum absolute atomic E-state index is 0.137. The van der Waals surface area contributed by atoms with E-state index in [9.17, 15) is 9.59 Å². The molecule has 0 radical (unpaired) electrons. The Morgan fingerprint density at radius 1 is 0.970 bits per heavy atom. The van der Waals surface area contributed by atoms with E-state index in [1.807, 2.05) is 67.6 Å². The molecule has 0 aromatic heterocycles. The van der Waals surface area contributed by atoms with Crippen molar-refractivity contribution >= 4 is 46.8 Å². The fourth-order valence-electron chi connectivity index (χ4n) is 3.42. The molecule has 1 N–H and O–H groups in total. The summed E-state index contributed by atoms with van der Waals surface area (Å²) in [5, 5.41) is 3.87. The van der Waals surface area contributed by atoms with Gasteiger partial charge in [0.25, 0.3) is 0 Å². The molecule has 0 bridgehead atoms. The third-order valence-electron chi connectivity index (χ3n) is 5.08. The van der Waals surface area contributed by atoms with Crippen molar-refractivity contribution in [2.45, 2.75) is 30.8 Å². The predicted molar refractivity (Wildman–Crippen MR) is 137 cm³/mol. The molecule has 0 spiro atoms. The SMILES string of the molecule is CCNC(=O)C(Cc1ccccc1)N(Cc1ccc(Cl)cc1Cl)C(=O)CSc1ccccc1. The first kappa shape index (κ1) is 25.2. The van der Waals surface area contributed by atoms with Crippen LogP contribution in [0.3, 0.4) is 0 Å². The maximum atomic E-state index is 13.5. The van der Waals surface area contributed by atoms with Crippen LogP contribution in [-0.2, 0) is 22.6 Å². The second kappa shape index (κ2) is 12.7. The van der Waals surface area contributed by atoms with Crippen LogP contribution in [0.25, 0.3) is 0 Å². The van der Waals surface area contributed by atoms with Crippen LogP contribution < -0.4 is 5.32 Å². The molecule has 1 unspecified atom stereocenters. The van der Waals surface area contributed by atoms with Crippen molar-refractivity contribution in [3.63, 3.8) is 0 Å². The molecule has 1 atom stereocenters. The fourth-order valence-corrected chi connectivity index (χ4v) is 4.70. The smallest absolute Gasteiger partial charge is 0.243 e. The molecule has 3 aromatic carbocycles. The molecule has 0 saturated heterocycles. The number of nitrogens with zero attached hydrogens (tertiary/aromatic N) is 1. The van der Waals surface area contributed by atoms with Gasteiger partial charge in [0.2, 0.25) is 11.8 Å². The number of halogens is 2. The first-order valence-electron chi connectivity index (χ1n) is 10.7. The Labute approximate surface area is 209 Å². The number of rotatable bonds is 10. The minimum Gasteiger partial charge on any atom is -0.355 e. The van der Waals surface area contributed by atoms with Gasteiger partial charge in [0.05, 0.1) is 5.75 Å². The standard InChI is InChI=1S/C26H26Cl2N2O2S/c1-2-29-26(32)24(15-19-9-5-3-6-10-19)30(17-20-13-14-21(27)16-23(20)28)25(31)18-33-22-11-7-4-8-12-22/h3-14,16,24H,2,15,17-18H2,1H3,(H,29,32). The lowest BCUT2D eigenvalue weighted by atomic mass is 10.0. The molecule has 3 rings (SSSR count). The number of amides is 2. The first-order valence-corrected chi connectivity index (χ1v) is 12.4. The number of likely N-dealkylation sites (N-methyl/N-ethyl adjacent to an activating group) is 1. The highest BCUT2D eigenvalue weighted by molar-refractivity contribution is 8.00. The zero-order chi connectivity index (χ0) is 23.6. The van der Waals surface area contributed by atoms with E-state index in [-0.39, 0.29) is 24.1 Å². The number of carbonyl (C=O) groups excluding carboxylic acids is 2. The maximum Gasteiger partial charge on any atom is 0.243 e. The Bertz CT molecular complexity index is 1060. The van der Waals surface area contributed by atoms with Gasteiger partial charge in [0.15, 0.2) is 0 Å². The van der Waals surface area contributed by atoms with Crippen LogP contribution in [0.15, 0.2) is 83.8 Å². The Morgan fingerprint density at radius 2 is 1.64 bits per heavy atom. The lowest BCUT2D eigenvalue weighted by Gasteiger charge is -2.31. The van der Waals surface area contributed by atoms with Crippen molar-refractivity contribution in [3.8, 4) is 0 Å². The third kappa shape index (κ3) is 7.53. The molecule has 0 saturated carbocycles. The average Bonchev–Trinajstić information content (AvgIpc) is 2.82. The van der Waals surface area contributed by atoms with E-state index < -0.39 is 6.04 Å². The molecule has 33 heavy (non-hydrogen) atoms. The highest BCUT2D eigenvalue weighted by atomic mass is 35.5. The summed E-state index contributed by atoms with van der Waals surface area (Å²) >= 11 is 13.9. The van der Waals surface area contributed by atoms with Crippen molar-refractivity contribution in [1.82, 2.24) is 10.2 Å². The number of thioether (sulfide) groups is 1. The van der Waals surface area contributed by atoms with Crippen LogP contribution in [0, 0.1) is 0 Å². The van der Waals surface area contributed by atoms with Crippen molar-refractivity contribution in [2.75, 3.05) is 12.3 Å². The monoisotopic (exact) mass is 500 g/mol. The Hall–Kier alpha value is -2.47. The van der Waals surface area contributed by atoms with Crippen molar-refractivity contribution in [1.29, 1.82) is 0 Å². The Kier molecular flexibility index (Phi) is 9.67. The Morgan fingerprint density at radius 3 is 2.27 bits per heavy atom. The highest BCUT2D eigenvalue weighted by Gasteiger charge is 2.30. The number of carbonyl (C=O) groups is 2. The topological polar surface area (TPSA) is 49.4 Å². The molecule has 7 heteroatoms. The Balaban J connectivity index is 1.91. The predicted octanol–water partition coefficient (Wildman–Crippen LogP) is 5.86. The van der Waals surface area contributed by atoms with Gasteiger partial charge in [-0.3, -0.25) is 9.59 Å². The van der Waals surface area contributed by atoms with E-state index in [1.54, 1.807) is 23.1 Å². The summed E-state index contributed by atoms with van der Waals surface area (Å²) in [6.07, 6.45) is 0.402. The molecule has 0 aliphatic rings. The normalized spacial score (nSPS) is 11.6. The lowest BCUT2D eigenvalue weighted by molar-refractivity contribution is -0.139. The first-order chi connectivity index (χ1) is 16.0. The minimum atomic E-state index is -0.678. The number of hydrogen-bond acceptors (Lipinski definition) is 3. The van der Waals surface area contributed by atoms with E-state index in [1.165, 1.54) is 11.8 Å². The van der Waals surface area contributed by atoms with Crippen LogP contribution >= 0.6 is 35.0 Å². The van der Waals surface area contributed by atoms with Crippen molar-refractivity contribution < 1.29 is 9.59 Å². The largest absolute Gasteiger partial charge is 0.355 e. The fraction of sp³-hybridized carbons (Fsp3) is 0.231. The molecular weight excluding hydrogens is 475 g/mol. The van der Waals surface area contributed by atoms with Crippen LogP contribution in [0.2, 0.25) is 10.0 Å². The van der Waals surface area contributed by atoms with Crippen molar-refractivity contribution in [3.05, 3.63) is 100 Å². The van der Waals surface area contributed by atoms with Gasteiger partial charge < -0.3 is 10.2 Å². The summed E-state index contributed by atoms with van der Waals surface area (Å²) in [6.45, 7) is 2.55. The molecule has 0 fully saturated rings. The third-order valence-corrected chi connectivity index (χ3v) is 6.67. The van der Waals surface area contributed by atoms with Gasteiger partial charge >= 0.3 is 0 Å². The van der Waals surface area contributed by atoms with Crippen LogP contribution in [0.4, 0.5) is 0 Å². The quantitative estimate of drug-likeness (QED) is 0.354. The summed E-state index contributed by atoms with van der Waals surface area (Å²) in [4.78, 5) is 29.2. The van der Waals surface area contributed by atoms with Crippen molar-refractivity contribution in [2.24, 2.45) is 0 Å². The molecule has 2 amide bonds. The summed E-state index contributed by atoms with van der Waals surface area (Å²) < 4.78 is 0. The summed E-state index contributed by atoms with van der Waals surface area (Å²) in [5.74, 6) is -0.119. The average molecular weight is 501 g/mol. The van der Waals surface area contributed by atoms with Gasteiger partial charge in [-0.25, -0.2) is 0 Å². The second-order valence-electron chi connectivity index (χ2n) is 7.46. The number of nitrogens with one attached hydrogen (secondary N) is 1.